The van der Waals surface area contributed by atoms with Gasteiger partial charge >= 0.3 is 11.9 Å². The van der Waals surface area contributed by atoms with Crippen LogP contribution in [0.15, 0.2) is 65.5 Å². The van der Waals surface area contributed by atoms with Gasteiger partial charge in [-0.1, -0.05) is 36.4 Å². The summed E-state index contributed by atoms with van der Waals surface area (Å²) in [7, 11) is 3.13. The first-order valence-electron chi connectivity index (χ1n) is 12.1. The number of benzene rings is 3. The first-order chi connectivity index (χ1) is 17.7. The molecule has 0 spiro atoms. The lowest BCUT2D eigenvalue weighted by molar-refractivity contribution is -0.138. The second kappa shape index (κ2) is 9.53. The van der Waals surface area contributed by atoms with Crippen LogP contribution in [0.5, 0.6) is 11.5 Å². The normalized spacial score (nSPS) is 15.9. The molecule has 0 amide bonds. The number of anilines is 1. The maximum atomic E-state index is 13.9. The lowest BCUT2D eigenvalue weighted by Gasteiger charge is -2.23. The topological polar surface area (TPSA) is 48.6 Å². The van der Waals surface area contributed by atoms with Crippen molar-refractivity contribution in [3.63, 3.8) is 0 Å². The van der Waals surface area contributed by atoms with Gasteiger partial charge in [0.25, 0.3) is 0 Å². The number of hydrogen-bond acceptors (Lipinski definition) is 4. The Morgan fingerprint density at radius 3 is 2.38 bits per heavy atom. The van der Waals surface area contributed by atoms with Gasteiger partial charge in [-0.05, 0) is 48.7 Å². The Hall–Kier alpha value is -3.88. The Morgan fingerprint density at radius 1 is 0.946 bits per heavy atom. The van der Waals surface area contributed by atoms with E-state index in [0.29, 0.717) is 36.3 Å². The van der Waals surface area contributed by atoms with Crippen molar-refractivity contribution in [1.29, 1.82) is 0 Å². The molecule has 37 heavy (non-hydrogen) atoms. The molecule has 1 fully saturated rings. The number of para-hydroxylation sites is 2. The molecule has 2 heterocycles. The number of aromatic nitrogens is 2. The molecule has 0 N–H and O–H groups in total. The van der Waals surface area contributed by atoms with E-state index in [1.54, 1.807) is 29.9 Å². The predicted octanol–water partition coefficient (Wildman–Crippen LogP) is 5.65. The minimum Gasteiger partial charge on any atom is -0.495 e. The minimum atomic E-state index is -4.53. The lowest BCUT2D eigenvalue weighted by atomic mass is 10.1. The summed E-state index contributed by atoms with van der Waals surface area (Å²) in [6.45, 7) is 3.08. The van der Waals surface area contributed by atoms with Crippen LogP contribution in [0.4, 0.5) is 18.9 Å². The largest absolute Gasteiger partial charge is 0.495 e. The number of nitrogens with zero attached hydrogens (tertiary/aromatic N) is 3. The number of rotatable bonds is 6. The van der Waals surface area contributed by atoms with E-state index in [2.05, 4.69) is 4.90 Å². The van der Waals surface area contributed by atoms with Gasteiger partial charge in [-0.25, -0.2) is 4.79 Å². The van der Waals surface area contributed by atoms with Gasteiger partial charge in [0.1, 0.15) is 17.0 Å². The summed E-state index contributed by atoms with van der Waals surface area (Å²) in [5, 5.41) is 0. The smallest absolute Gasteiger partial charge is 0.416 e. The third-order valence-corrected chi connectivity index (χ3v) is 7.08. The summed E-state index contributed by atoms with van der Waals surface area (Å²) in [6, 6.07) is 16.4. The van der Waals surface area contributed by atoms with Crippen molar-refractivity contribution in [1.82, 2.24) is 9.13 Å². The van der Waals surface area contributed by atoms with Crippen LogP contribution in [0, 0.1) is 6.92 Å². The second-order valence-electron chi connectivity index (χ2n) is 9.24. The van der Waals surface area contributed by atoms with E-state index in [4.69, 9.17) is 9.47 Å². The van der Waals surface area contributed by atoms with E-state index < -0.39 is 11.7 Å². The van der Waals surface area contributed by atoms with Crippen LogP contribution >= 0.6 is 0 Å². The van der Waals surface area contributed by atoms with Gasteiger partial charge in [-0.2, -0.15) is 13.2 Å². The van der Waals surface area contributed by atoms with E-state index in [1.807, 2.05) is 31.2 Å². The minimum absolute atomic E-state index is 0.0275. The average Bonchev–Trinajstić information content (AvgIpc) is 3.45. The number of fused-ring (bicyclic) bond motifs is 1. The zero-order valence-corrected chi connectivity index (χ0v) is 20.9. The van der Waals surface area contributed by atoms with E-state index >= 15 is 0 Å². The van der Waals surface area contributed by atoms with Gasteiger partial charge in [-0.15, -0.1) is 0 Å². The highest BCUT2D eigenvalue weighted by Crippen LogP contribution is 2.38. The maximum absolute atomic E-state index is 13.9. The predicted molar refractivity (Wildman–Crippen MR) is 137 cm³/mol. The summed E-state index contributed by atoms with van der Waals surface area (Å²) < 4.78 is 55.4. The van der Waals surface area contributed by atoms with Crippen LogP contribution in [0.1, 0.15) is 29.2 Å². The number of ether oxygens (including phenoxy) is 2. The molecule has 0 radical (unpaired) electrons. The van der Waals surface area contributed by atoms with Gasteiger partial charge in [0.15, 0.2) is 0 Å². The van der Waals surface area contributed by atoms with Crippen LogP contribution in [0.3, 0.4) is 0 Å². The molecule has 0 aliphatic carbocycles. The standard InChI is InChI=1S/C28H28F3N3O3/c1-18-8-6-12-23(36-2)25(18)32-15-14-20(17-32)34-22-11-7-13-24(37-3)26(22)33(27(34)35)16-19-9-4-5-10-21(19)28(29,30)31/h4-13,20H,14-17H2,1-3H3/t20-/m1/s1. The summed E-state index contributed by atoms with van der Waals surface area (Å²) in [6.07, 6.45) is -3.83. The molecular formula is C28H28F3N3O3. The Balaban J connectivity index is 1.61. The molecule has 194 valence electrons. The van der Waals surface area contributed by atoms with Crippen LogP contribution in [0.25, 0.3) is 11.0 Å². The van der Waals surface area contributed by atoms with Crippen molar-refractivity contribution < 1.29 is 22.6 Å². The quantitative estimate of drug-likeness (QED) is 0.336. The van der Waals surface area contributed by atoms with E-state index in [-0.39, 0.29) is 23.8 Å². The first-order valence-corrected chi connectivity index (χ1v) is 12.1. The molecule has 1 aliphatic heterocycles. The van der Waals surface area contributed by atoms with Crippen molar-refractivity contribution in [3.05, 3.63) is 87.8 Å². The summed E-state index contributed by atoms with van der Waals surface area (Å²) in [4.78, 5) is 16.1. The van der Waals surface area contributed by atoms with E-state index in [1.165, 1.54) is 23.8 Å². The van der Waals surface area contributed by atoms with E-state index in [9.17, 15) is 18.0 Å². The van der Waals surface area contributed by atoms with Crippen molar-refractivity contribution in [3.8, 4) is 11.5 Å². The second-order valence-corrected chi connectivity index (χ2v) is 9.24. The zero-order chi connectivity index (χ0) is 26.3. The lowest BCUT2D eigenvalue weighted by Crippen LogP contribution is -2.30. The first kappa shape index (κ1) is 24.8. The highest BCUT2D eigenvalue weighted by atomic mass is 19.4. The van der Waals surface area contributed by atoms with Crippen LogP contribution < -0.4 is 20.1 Å². The molecule has 3 aromatic carbocycles. The number of halogens is 3. The molecule has 1 atom stereocenters. The van der Waals surface area contributed by atoms with Gasteiger partial charge in [0.05, 0.1) is 43.6 Å². The summed E-state index contributed by atoms with van der Waals surface area (Å²) in [5.74, 6) is 1.20. The third-order valence-electron chi connectivity index (χ3n) is 7.08. The van der Waals surface area contributed by atoms with Gasteiger partial charge in [0, 0.05) is 13.1 Å². The van der Waals surface area contributed by atoms with Crippen molar-refractivity contribution in [2.75, 3.05) is 32.2 Å². The number of alkyl halides is 3. The molecule has 1 aliphatic rings. The SMILES string of the molecule is COc1cccc(C)c1N1CC[C@@H](n2c(=O)n(Cc3ccccc3C(F)(F)F)c3c(OC)cccc32)C1. The Morgan fingerprint density at radius 2 is 1.65 bits per heavy atom. The number of methoxy groups -OCH3 is 2. The monoisotopic (exact) mass is 511 g/mol. The highest BCUT2D eigenvalue weighted by Gasteiger charge is 2.34. The van der Waals surface area contributed by atoms with Gasteiger partial charge in [-0.3, -0.25) is 9.13 Å². The Kier molecular flexibility index (Phi) is 6.39. The van der Waals surface area contributed by atoms with Crippen molar-refractivity contribution in [2.24, 2.45) is 0 Å². The molecule has 0 saturated carbocycles. The number of imidazole rings is 1. The zero-order valence-electron chi connectivity index (χ0n) is 20.9. The number of aryl methyl sites for hydroxylation is 1. The molecule has 6 nitrogen and oxygen atoms in total. The highest BCUT2D eigenvalue weighted by molar-refractivity contribution is 5.83. The molecule has 1 saturated heterocycles. The van der Waals surface area contributed by atoms with Crippen LogP contribution in [-0.4, -0.2) is 36.4 Å². The molecule has 9 heteroatoms. The van der Waals surface area contributed by atoms with E-state index in [0.717, 1.165) is 23.1 Å². The van der Waals surface area contributed by atoms with Crippen LogP contribution in [-0.2, 0) is 12.7 Å². The number of hydrogen-bond donors (Lipinski definition) is 0. The molecular weight excluding hydrogens is 483 g/mol. The van der Waals surface area contributed by atoms with Gasteiger partial charge in [0.2, 0.25) is 0 Å². The van der Waals surface area contributed by atoms with Crippen LogP contribution in [0.2, 0.25) is 0 Å². The summed E-state index contributed by atoms with van der Waals surface area (Å²) >= 11 is 0. The fourth-order valence-electron chi connectivity index (χ4n) is 5.43. The third kappa shape index (κ3) is 4.32. The molecule has 0 unspecified atom stereocenters. The fourth-order valence-corrected chi connectivity index (χ4v) is 5.43. The molecule has 1 aromatic heterocycles. The molecule has 5 rings (SSSR count). The van der Waals surface area contributed by atoms with Gasteiger partial charge < -0.3 is 14.4 Å². The average molecular weight is 512 g/mol. The fraction of sp³-hybridized carbons (Fsp3) is 0.321. The maximum Gasteiger partial charge on any atom is 0.416 e. The Bertz CT molecular complexity index is 1510. The molecule has 0 bridgehead atoms. The van der Waals surface area contributed by atoms with Crippen molar-refractivity contribution in [2.45, 2.75) is 32.1 Å². The Labute approximate surface area is 212 Å². The molecule has 4 aromatic rings. The summed E-state index contributed by atoms with van der Waals surface area (Å²) in [5.41, 5.74) is 2.09. The van der Waals surface area contributed by atoms with Crippen molar-refractivity contribution >= 4 is 16.7 Å².